The fraction of sp³-hybridized carbons (Fsp3) is 0.600. The lowest BCUT2D eigenvalue weighted by Crippen LogP contribution is -2.24. The number of hydrogen-bond donors (Lipinski definition) is 1. The van der Waals surface area contributed by atoms with Crippen molar-refractivity contribution in [2.75, 3.05) is 50.6 Å². The summed E-state index contributed by atoms with van der Waals surface area (Å²) < 4.78 is 0. The average Bonchev–Trinajstić information content (AvgIpc) is 2.78. The molecule has 1 aromatic carbocycles. The summed E-state index contributed by atoms with van der Waals surface area (Å²) in [4.78, 5) is 4.70. The Morgan fingerprint density at radius 3 is 2.83 bits per heavy atom. The van der Waals surface area contributed by atoms with E-state index in [1.165, 1.54) is 36.4 Å². The van der Waals surface area contributed by atoms with Crippen LogP contribution in [-0.2, 0) is 0 Å². The van der Waals surface area contributed by atoms with Crippen LogP contribution in [0.15, 0.2) is 18.2 Å². The maximum atomic E-state index is 3.29. The van der Waals surface area contributed by atoms with Gasteiger partial charge in [-0.15, -0.1) is 0 Å². The molecule has 0 aliphatic carbocycles. The van der Waals surface area contributed by atoms with Crippen molar-refractivity contribution in [3.8, 4) is 0 Å². The Morgan fingerprint density at radius 1 is 1.39 bits per heavy atom. The molecule has 100 valence electrons. The van der Waals surface area contributed by atoms with Crippen LogP contribution < -0.4 is 15.1 Å². The van der Waals surface area contributed by atoms with Crippen LogP contribution in [0, 0.1) is 12.8 Å². The Hall–Kier alpha value is -1.22. The van der Waals surface area contributed by atoms with E-state index in [4.69, 9.17) is 0 Å². The van der Waals surface area contributed by atoms with Crippen LogP contribution in [0.3, 0.4) is 0 Å². The van der Waals surface area contributed by atoms with E-state index in [0.29, 0.717) is 0 Å². The van der Waals surface area contributed by atoms with Crippen LogP contribution >= 0.6 is 0 Å². The molecule has 1 N–H and O–H groups in total. The van der Waals surface area contributed by atoms with Crippen LogP contribution in [-0.4, -0.2) is 40.8 Å². The van der Waals surface area contributed by atoms with E-state index in [1.54, 1.807) is 0 Å². The van der Waals surface area contributed by atoms with E-state index in [9.17, 15) is 0 Å². The topological polar surface area (TPSA) is 18.5 Å². The van der Waals surface area contributed by atoms with Gasteiger partial charge in [0.25, 0.3) is 0 Å². The van der Waals surface area contributed by atoms with Gasteiger partial charge in [-0.05, 0) is 50.6 Å². The minimum Gasteiger partial charge on any atom is -0.377 e. The molecule has 2 rings (SSSR count). The van der Waals surface area contributed by atoms with Gasteiger partial charge in [0.1, 0.15) is 0 Å². The summed E-state index contributed by atoms with van der Waals surface area (Å²) >= 11 is 0. The van der Waals surface area contributed by atoms with Gasteiger partial charge in [-0.2, -0.15) is 0 Å². The largest absolute Gasteiger partial charge is 0.377 e. The van der Waals surface area contributed by atoms with Gasteiger partial charge in [-0.25, -0.2) is 0 Å². The predicted octanol–water partition coefficient (Wildman–Crippen LogP) is 2.11. The summed E-state index contributed by atoms with van der Waals surface area (Å²) in [5, 5.41) is 3.29. The van der Waals surface area contributed by atoms with E-state index in [-0.39, 0.29) is 0 Å². The van der Waals surface area contributed by atoms with Gasteiger partial charge in [-0.3, -0.25) is 0 Å². The van der Waals surface area contributed by atoms with Gasteiger partial charge in [0.2, 0.25) is 0 Å². The van der Waals surface area contributed by atoms with Gasteiger partial charge >= 0.3 is 0 Å². The average molecular weight is 247 g/mol. The third-order valence-electron chi connectivity index (χ3n) is 3.82. The Labute approximate surface area is 111 Å². The summed E-state index contributed by atoms with van der Waals surface area (Å²) in [5.41, 5.74) is 4.03. The normalized spacial score (nSPS) is 19.3. The first kappa shape index (κ1) is 13.2. The molecule has 1 atom stereocenters. The summed E-state index contributed by atoms with van der Waals surface area (Å²) in [6.07, 6.45) is 1.30. The van der Waals surface area contributed by atoms with Crippen molar-refractivity contribution >= 4 is 11.4 Å². The van der Waals surface area contributed by atoms with Crippen molar-refractivity contribution in [3.63, 3.8) is 0 Å². The summed E-state index contributed by atoms with van der Waals surface area (Å²) in [7, 11) is 6.26. The highest BCUT2D eigenvalue weighted by Crippen LogP contribution is 2.28. The van der Waals surface area contributed by atoms with Gasteiger partial charge in [0.15, 0.2) is 0 Å². The molecule has 0 radical (unpaired) electrons. The van der Waals surface area contributed by atoms with E-state index < -0.39 is 0 Å². The van der Waals surface area contributed by atoms with E-state index in [0.717, 1.165) is 12.5 Å². The van der Waals surface area contributed by atoms with Crippen molar-refractivity contribution in [2.24, 2.45) is 5.92 Å². The minimum absolute atomic E-state index is 0.791. The standard InChI is InChI=1S/C15H25N3/c1-12-5-6-14(9-15(12)17(3)4)18-8-7-13(11-18)10-16-2/h5-6,9,13,16H,7-8,10-11H2,1-4H3. The molecule has 1 aliphatic heterocycles. The van der Waals surface area contributed by atoms with Gasteiger partial charge in [0, 0.05) is 38.6 Å². The fourth-order valence-corrected chi connectivity index (χ4v) is 2.80. The lowest BCUT2D eigenvalue weighted by Gasteiger charge is -2.23. The quantitative estimate of drug-likeness (QED) is 0.879. The Bertz CT molecular complexity index is 401. The molecule has 1 aromatic rings. The maximum Gasteiger partial charge on any atom is 0.0411 e. The molecule has 3 heteroatoms. The van der Waals surface area contributed by atoms with Crippen LogP contribution in [0.2, 0.25) is 0 Å². The Kier molecular flexibility index (Phi) is 4.12. The Morgan fingerprint density at radius 2 is 2.17 bits per heavy atom. The third-order valence-corrected chi connectivity index (χ3v) is 3.82. The number of rotatable bonds is 4. The van der Waals surface area contributed by atoms with Crippen molar-refractivity contribution in [1.82, 2.24) is 5.32 Å². The highest BCUT2D eigenvalue weighted by molar-refractivity contribution is 5.63. The first-order valence-corrected chi connectivity index (χ1v) is 6.79. The molecular weight excluding hydrogens is 222 g/mol. The third kappa shape index (κ3) is 2.78. The molecule has 1 fully saturated rings. The van der Waals surface area contributed by atoms with E-state index in [1.807, 2.05) is 7.05 Å². The zero-order valence-corrected chi connectivity index (χ0v) is 12.0. The lowest BCUT2D eigenvalue weighted by atomic mass is 10.1. The maximum absolute atomic E-state index is 3.29. The minimum atomic E-state index is 0.791. The molecule has 18 heavy (non-hydrogen) atoms. The number of hydrogen-bond acceptors (Lipinski definition) is 3. The number of nitrogens with zero attached hydrogens (tertiary/aromatic N) is 2. The van der Waals surface area contributed by atoms with Crippen LogP contribution in [0.5, 0.6) is 0 Å². The van der Waals surface area contributed by atoms with Gasteiger partial charge in [-0.1, -0.05) is 6.07 Å². The van der Waals surface area contributed by atoms with Crippen molar-refractivity contribution in [2.45, 2.75) is 13.3 Å². The van der Waals surface area contributed by atoms with E-state index >= 15 is 0 Å². The summed E-state index contributed by atoms with van der Waals surface area (Å²) in [5.74, 6) is 0.791. The first-order valence-electron chi connectivity index (χ1n) is 6.79. The molecule has 0 saturated carbocycles. The monoisotopic (exact) mass is 247 g/mol. The molecule has 0 aromatic heterocycles. The molecule has 1 saturated heterocycles. The summed E-state index contributed by atoms with van der Waals surface area (Å²) in [6.45, 7) is 5.66. The highest BCUT2D eigenvalue weighted by Gasteiger charge is 2.22. The molecular formula is C15H25N3. The molecule has 0 amide bonds. The van der Waals surface area contributed by atoms with Crippen LogP contribution in [0.1, 0.15) is 12.0 Å². The number of anilines is 2. The second-order valence-corrected chi connectivity index (χ2v) is 5.52. The number of nitrogens with one attached hydrogen (secondary N) is 1. The highest BCUT2D eigenvalue weighted by atomic mass is 15.2. The first-order chi connectivity index (χ1) is 8.61. The molecule has 1 heterocycles. The van der Waals surface area contributed by atoms with Crippen molar-refractivity contribution < 1.29 is 0 Å². The second-order valence-electron chi connectivity index (χ2n) is 5.52. The van der Waals surface area contributed by atoms with Crippen molar-refractivity contribution in [1.29, 1.82) is 0 Å². The van der Waals surface area contributed by atoms with Crippen LogP contribution in [0.25, 0.3) is 0 Å². The van der Waals surface area contributed by atoms with Crippen LogP contribution in [0.4, 0.5) is 11.4 Å². The second kappa shape index (κ2) is 5.61. The zero-order chi connectivity index (χ0) is 13.1. The summed E-state index contributed by atoms with van der Waals surface area (Å²) in [6, 6.07) is 6.80. The zero-order valence-electron chi connectivity index (χ0n) is 12.0. The lowest BCUT2D eigenvalue weighted by molar-refractivity contribution is 0.549. The van der Waals surface area contributed by atoms with Crippen molar-refractivity contribution in [3.05, 3.63) is 23.8 Å². The van der Waals surface area contributed by atoms with E-state index in [2.05, 4.69) is 54.3 Å². The predicted molar refractivity (Wildman–Crippen MR) is 79.8 cm³/mol. The van der Waals surface area contributed by atoms with Gasteiger partial charge in [0.05, 0.1) is 0 Å². The molecule has 1 aliphatic rings. The Balaban J connectivity index is 2.12. The molecule has 0 bridgehead atoms. The smallest absolute Gasteiger partial charge is 0.0411 e. The van der Waals surface area contributed by atoms with Gasteiger partial charge < -0.3 is 15.1 Å². The molecule has 0 spiro atoms. The number of aryl methyl sites for hydroxylation is 1. The SMILES string of the molecule is CNCC1CCN(c2ccc(C)c(N(C)C)c2)C1. The fourth-order valence-electron chi connectivity index (χ4n) is 2.80. The molecule has 1 unspecified atom stereocenters. The molecule has 3 nitrogen and oxygen atoms in total. The number of benzene rings is 1.